The normalized spacial score (nSPS) is 15.2. The lowest BCUT2D eigenvalue weighted by Gasteiger charge is -2.11. The van der Waals surface area contributed by atoms with Crippen molar-refractivity contribution in [1.29, 1.82) is 0 Å². The Kier molecular flexibility index (Phi) is 2.11. The fourth-order valence-corrected chi connectivity index (χ4v) is 2.64. The fourth-order valence-electron chi connectivity index (χ4n) is 1.89. The van der Waals surface area contributed by atoms with E-state index in [1.807, 2.05) is 28.1 Å². The molecule has 2 aromatic heterocycles. The zero-order chi connectivity index (χ0) is 11.1. The fraction of sp³-hybridized carbons (Fsp3) is 0.250. The van der Waals surface area contributed by atoms with Gasteiger partial charge in [-0.2, -0.15) is 0 Å². The Morgan fingerprint density at radius 2 is 2.12 bits per heavy atom. The summed E-state index contributed by atoms with van der Waals surface area (Å²) in [4.78, 5) is 13.1. The van der Waals surface area contributed by atoms with Crippen molar-refractivity contribution in [2.45, 2.75) is 18.9 Å². The highest BCUT2D eigenvalue weighted by Gasteiger charge is 2.27. The lowest BCUT2D eigenvalue weighted by molar-refractivity contribution is 0.719. The highest BCUT2D eigenvalue weighted by Crippen LogP contribution is 2.38. The van der Waals surface area contributed by atoms with E-state index in [1.165, 1.54) is 0 Å². The monoisotopic (exact) mass is 232 g/mol. The van der Waals surface area contributed by atoms with E-state index >= 15 is 0 Å². The van der Waals surface area contributed by atoms with Crippen LogP contribution in [0.15, 0.2) is 34.4 Å². The Bertz CT molecular complexity index is 567. The molecule has 2 N–H and O–H groups in total. The maximum atomic E-state index is 12.0. The second kappa shape index (κ2) is 3.49. The molecule has 3 nitrogen and oxygen atoms in total. The van der Waals surface area contributed by atoms with Gasteiger partial charge in [-0.1, -0.05) is 6.07 Å². The van der Waals surface area contributed by atoms with E-state index < -0.39 is 0 Å². The number of thiophene rings is 1. The molecule has 0 aromatic carbocycles. The summed E-state index contributed by atoms with van der Waals surface area (Å²) in [6, 6.07) is 8.04. The second-order valence-corrected chi connectivity index (χ2v) is 5.01. The smallest absolute Gasteiger partial charge is 0.274 e. The summed E-state index contributed by atoms with van der Waals surface area (Å²) in [5.74, 6) is 0. The van der Waals surface area contributed by atoms with E-state index in [0.29, 0.717) is 11.7 Å². The predicted molar refractivity (Wildman–Crippen MR) is 66.7 cm³/mol. The number of hydrogen-bond acceptors (Lipinski definition) is 3. The molecule has 16 heavy (non-hydrogen) atoms. The average molecular weight is 232 g/mol. The molecule has 0 unspecified atom stereocenters. The largest absolute Gasteiger partial charge is 0.394 e. The summed E-state index contributed by atoms with van der Waals surface area (Å²) in [6.07, 6.45) is 2.17. The molecule has 0 aliphatic heterocycles. The van der Waals surface area contributed by atoms with Crippen molar-refractivity contribution in [1.82, 2.24) is 4.57 Å². The number of aromatic nitrogens is 1. The Labute approximate surface area is 97.1 Å². The summed E-state index contributed by atoms with van der Waals surface area (Å²) < 4.78 is 1.85. The maximum absolute atomic E-state index is 12.0. The molecular weight excluding hydrogens is 220 g/mol. The minimum atomic E-state index is -0.0478. The number of anilines is 1. The van der Waals surface area contributed by atoms with Crippen LogP contribution >= 0.6 is 11.3 Å². The van der Waals surface area contributed by atoms with Crippen molar-refractivity contribution in [3.63, 3.8) is 0 Å². The van der Waals surface area contributed by atoms with Crippen molar-refractivity contribution >= 4 is 17.0 Å². The molecule has 3 rings (SSSR count). The van der Waals surface area contributed by atoms with Crippen molar-refractivity contribution in [2.24, 2.45) is 0 Å². The van der Waals surface area contributed by atoms with Crippen LogP contribution in [0.5, 0.6) is 0 Å². The van der Waals surface area contributed by atoms with Gasteiger partial charge >= 0.3 is 0 Å². The Morgan fingerprint density at radius 3 is 2.75 bits per heavy atom. The standard InChI is InChI=1S/C12H12N2OS/c13-9-5-6-10(11-2-1-7-16-11)14(12(9)15)8-3-4-8/h1-2,5-8H,3-4,13H2. The molecule has 1 fully saturated rings. The van der Waals surface area contributed by atoms with Gasteiger partial charge in [-0.15, -0.1) is 11.3 Å². The first-order chi connectivity index (χ1) is 7.77. The van der Waals surface area contributed by atoms with Gasteiger partial charge in [0, 0.05) is 6.04 Å². The number of nitrogen functional groups attached to an aromatic ring is 1. The van der Waals surface area contributed by atoms with Gasteiger partial charge in [-0.3, -0.25) is 4.79 Å². The molecular formula is C12H12N2OS. The van der Waals surface area contributed by atoms with Gasteiger partial charge in [0.25, 0.3) is 5.56 Å². The number of hydrogen-bond donors (Lipinski definition) is 1. The number of nitrogens with two attached hydrogens (primary N) is 1. The van der Waals surface area contributed by atoms with E-state index in [9.17, 15) is 4.79 Å². The molecule has 1 saturated carbocycles. The minimum absolute atomic E-state index is 0.0478. The first-order valence-electron chi connectivity index (χ1n) is 5.32. The van der Waals surface area contributed by atoms with Crippen molar-refractivity contribution in [3.05, 3.63) is 40.0 Å². The van der Waals surface area contributed by atoms with Gasteiger partial charge < -0.3 is 10.3 Å². The molecule has 4 heteroatoms. The van der Waals surface area contributed by atoms with E-state index in [-0.39, 0.29) is 5.56 Å². The quantitative estimate of drug-likeness (QED) is 0.864. The van der Waals surface area contributed by atoms with Crippen LogP contribution in [0.1, 0.15) is 18.9 Å². The third kappa shape index (κ3) is 1.46. The van der Waals surface area contributed by atoms with Crippen LogP contribution in [-0.4, -0.2) is 4.57 Å². The lowest BCUT2D eigenvalue weighted by Crippen LogP contribution is -2.23. The van der Waals surface area contributed by atoms with Gasteiger partial charge in [-0.05, 0) is 36.4 Å². The Balaban J connectivity index is 2.25. The van der Waals surface area contributed by atoms with Gasteiger partial charge in [0.1, 0.15) is 0 Å². The highest BCUT2D eigenvalue weighted by atomic mass is 32.1. The predicted octanol–water partition coefficient (Wildman–Crippen LogP) is 2.49. The Hall–Kier alpha value is -1.55. The molecule has 0 saturated heterocycles. The maximum Gasteiger partial charge on any atom is 0.274 e. The molecule has 82 valence electrons. The first-order valence-corrected chi connectivity index (χ1v) is 6.20. The number of rotatable bonds is 2. The Morgan fingerprint density at radius 1 is 1.31 bits per heavy atom. The summed E-state index contributed by atoms with van der Waals surface area (Å²) in [7, 11) is 0. The van der Waals surface area contributed by atoms with Gasteiger partial charge in [0.05, 0.1) is 16.3 Å². The van der Waals surface area contributed by atoms with Crippen LogP contribution in [-0.2, 0) is 0 Å². The third-order valence-electron chi connectivity index (χ3n) is 2.83. The molecule has 0 amide bonds. The molecule has 0 spiro atoms. The molecule has 0 radical (unpaired) electrons. The van der Waals surface area contributed by atoms with Gasteiger partial charge in [0.2, 0.25) is 0 Å². The van der Waals surface area contributed by atoms with Crippen molar-refractivity contribution in [3.8, 4) is 10.6 Å². The second-order valence-electron chi connectivity index (χ2n) is 4.06. The molecule has 1 aliphatic rings. The highest BCUT2D eigenvalue weighted by molar-refractivity contribution is 7.13. The summed E-state index contributed by atoms with van der Waals surface area (Å²) in [5, 5.41) is 2.02. The van der Waals surface area contributed by atoms with Gasteiger partial charge in [0.15, 0.2) is 0 Å². The van der Waals surface area contributed by atoms with E-state index in [1.54, 1.807) is 17.4 Å². The van der Waals surface area contributed by atoms with Crippen LogP contribution in [0.25, 0.3) is 10.6 Å². The molecule has 1 aliphatic carbocycles. The first kappa shape index (κ1) is 9.66. The summed E-state index contributed by atoms with van der Waals surface area (Å²) in [6.45, 7) is 0. The zero-order valence-electron chi connectivity index (χ0n) is 8.72. The number of pyridine rings is 1. The van der Waals surface area contributed by atoms with Crippen LogP contribution in [0.3, 0.4) is 0 Å². The van der Waals surface area contributed by atoms with Crippen LogP contribution in [0, 0.1) is 0 Å². The number of nitrogens with zero attached hydrogens (tertiary/aromatic N) is 1. The van der Waals surface area contributed by atoms with E-state index in [0.717, 1.165) is 23.4 Å². The molecule has 0 bridgehead atoms. The van der Waals surface area contributed by atoms with Crippen molar-refractivity contribution < 1.29 is 0 Å². The summed E-state index contributed by atoms with van der Waals surface area (Å²) >= 11 is 1.65. The third-order valence-corrected chi connectivity index (χ3v) is 3.72. The topological polar surface area (TPSA) is 48.0 Å². The van der Waals surface area contributed by atoms with Gasteiger partial charge in [-0.25, -0.2) is 0 Å². The van der Waals surface area contributed by atoms with Crippen molar-refractivity contribution in [2.75, 3.05) is 5.73 Å². The molecule has 2 heterocycles. The SMILES string of the molecule is Nc1ccc(-c2cccs2)n(C2CC2)c1=O. The van der Waals surface area contributed by atoms with E-state index in [4.69, 9.17) is 5.73 Å². The summed E-state index contributed by atoms with van der Waals surface area (Å²) in [5.41, 5.74) is 6.97. The molecule has 2 aromatic rings. The van der Waals surface area contributed by atoms with Crippen LogP contribution in [0.2, 0.25) is 0 Å². The zero-order valence-corrected chi connectivity index (χ0v) is 9.54. The lowest BCUT2D eigenvalue weighted by atomic mass is 10.2. The van der Waals surface area contributed by atoms with Crippen LogP contribution < -0.4 is 11.3 Å². The average Bonchev–Trinajstić information content (AvgIpc) is 2.96. The van der Waals surface area contributed by atoms with E-state index in [2.05, 4.69) is 0 Å². The van der Waals surface area contributed by atoms with Crippen LogP contribution in [0.4, 0.5) is 5.69 Å². The molecule has 0 atom stereocenters. The minimum Gasteiger partial charge on any atom is -0.394 e.